The Morgan fingerprint density at radius 3 is 2.78 bits per heavy atom. The molecule has 27 heavy (non-hydrogen) atoms. The average Bonchev–Trinajstić information content (AvgIpc) is 3.17. The third kappa shape index (κ3) is 4.64. The topological polar surface area (TPSA) is 68.7 Å². The first-order chi connectivity index (χ1) is 13.1. The second-order valence-electron chi connectivity index (χ2n) is 6.24. The number of hydrogen-bond donors (Lipinski definition) is 0. The Bertz CT molecular complexity index is 914. The standard InChI is InChI=1S/C21H20N2O4/c1-15-6-3-4-7-16(15)10-11-20(24)27-19-9-5-8-18(22-19)23-13-12-17(14-23)21(25)26-2/h3-9,17H,12-14H2,1-2H3. The van der Waals surface area contributed by atoms with Crippen LogP contribution in [-0.4, -0.2) is 37.1 Å². The van der Waals surface area contributed by atoms with Gasteiger partial charge in [0.15, 0.2) is 0 Å². The zero-order valence-electron chi connectivity index (χ0n) is 15.3. The minimum atomic E-state index is -0.670. The van der Waals surface area contributed by atoms with Crippen LogP contribution >= 0.6 is 0 Å². The molecule has 0 saturated carbocycles. The number of hydrogen-bond acceptors (Lipinski definition) is 6. The van der Waals surface area contributed by atoms with E-state index in [-0.39, 0.29) is 17.8 Å². The molecule has 0 amide bonds. The SMILES string of the molecule is COC(=O)C1CCN(c2cccc(OC(=O)C#Cc3ccccc3C)n2)C1. The molecule has 6 nitrogen and oxygen atoms in total. The highest BCUT2D eigenvalue weighted by atomic mass is 16.5. The molecule has 0 bridgehead atoms. The van der Waals surface area contributed by atoms with Crippen LogP contribution in [0, 0.1) is 24.7 Å². The Balaban J connectivity index is 1.65. The molecule has 1 aliphatic rings. The summed E-state index contributed by atoms with van der Waals surface area (Å²) in [6.45, 7) is 3.15. The Morgan fingerprint density at radius 1 is 1.19 bits per heavy atom. The van der Waals surface area contributed by atoms with Gasteiger partial charge >= 0.3 is 11.9 Å². The lowest BCUT2D eigenvalue weighted by Gasteiger charge is -2.17. The number of benzene rings is 1. The summed E-state index contributed by atoms with van der Waals surface area (Å²) in [6, 6.07) is 12.7. The predicted octanol–water partition coefficient (Wildman–Crippen LogP) is 2.35. The van der Waals surface area contributed by atoms with E-state index in [2.05, 4.69) is 16.8 Å². The van der Waals surface area contributed by atoms with Gasteiger partial charge in [-0.3, -0.25) is 4.79 Å². The van der Waals surface area contributed by atoms with E-state index < -0.39 is 5.97 Å². The van der Waals surface area contributed by atoms with Crippen molar-refractivity contribution in [3.63, 3.8) is 0 Å². The van der Waals surface area contributed by atoms with Crippen molar-refractivity contribution >= 4 is 17.8 Å². The Hall–Kier alpha value is -3.33. The molecule has 1 atom stereocenters. The fourth-order valence-corrected chi connectivity index (χ4v) is 2.92. The van der Waals surface area contributed by atoms with Crippen molar-refractivity contribution in [3.05, 3.63) is 53.6 Å². The number of aromatic nitrogens is 1. The fraction of sp³-hybridized carbons (Fsp3) is 0.286. The normalized spacial score (nSPS) is 15.6. The first-order valence-electron chi connectivity index (χ1n) is 8.66. The molecule has 1 aromatic carbocycles. The molecule has 0 spiro atoms. The molecule has 2 heterocycles. The van der Waals surface area contributed by atoms with Crippen molar-refractivity contribution in [1.29, 1.82) is 0 Å². The molecule has 3 rings (SSSR count). The minimum absolute atomic E-state index is 0.164. The maximum Gasteiger partial charge on any atom is 0.391 e. The van der Waals surface area contributed by atoms with Gasteiger partial charge in [-0.2, -0.15) is 4.98 Å². The Kier molecular flexibility index (Phi) is 5.72. The molecule has 1 aliphatic heterocycles. The van der Waals surface area contributed by atoms with Crippen LogP contribution in [0.2, 0.25) is 0 Å². The van der Waals surface area contributed by atoms with Crippen LogP contribution in [0.4, 0.5) is 5.82 Å². The first-order valence-corrected chi connectivity index (χ1v) is 8.66. The summed E-state index contributed by atoms with van der Waals surface area (Å²) in [5.74, 6) is 5.07. The van der Waals surface area contributed by atoms with Crippen LogP contribution in [0.25, 0.3) is 0 Å². The van der Waals surface area contributed by atoms with Crippen LogP contribution in [0.5, 0.6) is 5.88 Å². The summed E-state index contributed by atoms with van der Waals surface area (Å²) < 4.78 is 10.0. The van der Waals surface area contributed by atoms with Crippen LogP contribution in [0.3, 0.4) is 0 Å². The Labute approximate surface area is 158 Å². The molecule has 6 heteroatoms. The minimum Gasteiger partial charge on any atom is -0.469 e. The van der Waals surface area contributed by atoms with E-state index in [1.165, 1.54) is 7.11 Å². The van der Waals surface area contributed by atoms with E-state index in [1.807, 2.05) is 42.2 Å². The molecular formula is C21H20N2O4. The van der Waals surface area contributed by atoms with Crippen molar-refractivity contribution in [2.75, 3.05) is 25.1 Å². The van der Waals surface area contributed by atoms with Gasteiger partial charge in [0.2, 0.25) is 5.88 Å². The van der Waals surface area contributed by atoms with Gasteiger partial charge in [-0.15, -0.1) is 0 Å². The van der Waals surface area contributed by atoms with Crippen molar-refractivity contribution in [2.45, 2.75) is 13.3 Å². The van der Waals surface area contributed by atoms with Gasteiger partial charge in [-0.1, -0.05) is 30.2 Å². The van der Waals surface area contributed by atoms with E-state index in [1.54, 1.807) is 12.1 Å². The van der Waals surface area contributed by atoms with Gasteiger partial charge in [0.25, 0.3) is 0 Å². The van der Waals surface area contributed by atoms with Crippen LogP contribution in [-0.2, 0) is 14.3 Å². The number of carbonyl (C=O) groups is 2. The molecule has 1 unspecified atom stereocenters. The van der Waals surface area contributed by atoms with Gasteiger partial charge < -0.3 is 14.4 Å². The largest absolute Gasteiger partial charge is 0.469 e. The van der Waals surface area contributed by atoms with Gasteiger partial charge in [0.1, 0.15) is 5.82 Å². The fourth-order valence-electron chi connectivity index (χ4n) is 2.92. The summed E-state index contributed by atoms with van der Waals surface area (Å²) >= 11 is 0. The van der Waals surface area contributed by atoms with Crippen molar-refractivity contribution in [3.8, 4) is 17.7 Å². The Morgan fingerprint density at radius 2 is 2.00 bits per heavy atom. The second kappa shape index (κ2) is 8.37. The average molecular weight is 364 g/mol. The lowest BCUT2D eigenvalue weighted by molar-refractivity contribution is -0.144. The number of ether oxygens (including phenoxy) is 2. The summed E-state index contributed by atoms with van der Waals surface area (Å²) in [4.78, 5) is 30.0. The number of anilines is 1. The third-order valence-corrected chi connectivity index (χ3v) is 4.40. The molecule has 1 saturated heterocycles. The van der Waals surface area contributed by atoms with E-state index >= 15 is 0 Å². The van der Waals surface area contributed by atoms with Gasteiger partial charge in [-0.05, 0) is 31.0 Å². The highest BCUT2D eigenvalue weighted by Crippen LogP contribution is 2.24. The van der Waals surface area contributed by atoms with Gasteiger partial charge in [-0.25, -0.2) is 4.79 Å². The van der Waals surface area contributed by atoms with E-state index in [0.29, 0.717) is 25.3 Å². The number of carbonyl (C=O) groups excluding carboxylic acids is 2. The maximum atomic E-state index is 12.0. The summed E-state index contributed by atoms with van der Waals surface area (Å²) in [6.07, 6.45) is 0.709. The van der Waals surface area contributed by atoms with Gasteiger partial charge in [0, 0.05) is 30.6 Å². The molecule has 1 fully saturated rings. The molecule has 2 aromatic rings. The number of methoxy groups -OCH3 is 1. The number of esters is 2. The van der Waals surface area contributed by atoms with Crippen molar-refractivity contribution in [1.82, 2.24) is 4.98 Å². The van der Waals surface area contributed by atoms with Crippen molar-refractivity contribution in [2.24, 2.45) is 5.92 Å². The first kappa shape index (κ1) is 18.5. The molecule has 138 valence electrons. The van der Waals surface area contributed by atoms with Crippen LogP contribution in [0.1, 0.15) is 17.5 Å². The highest BCUT2D eigenvalue weighted by Gasteiger charge is 2.29. The number of rotatable bonds is 3. The zero-order chi connectivity index (χ0) is 19.2. The van der Waals surface area contributed by atoms with Gasteiger partial charge in [0.05, 0.1) is 13.0 Å². The summed E-state index contributed by atoms with van der Waals surface area (Å²) in [5.41, 5.74) is 1.77. The van der Waals surface area contributed by atoms with Crippen LogP contribution < -0.4 is 9.64 Å². The van der Waals surface area contributed by atoms with E-state index in [4.69, 9.17) is 9.47 Å². The second-order valence-corrected chi connectivity index (χ2v) is 6.24. The molecular weight excluding hydrogens is 344 g/mol. The molecule has 0 N–H and O–H groups in total. The number of nitrogens with zero attached hydrogens (tertiary/aromatic N) is 2. The molecule has 0 aliphatic carbocycles. The highest BCUT2D eigenvalue weighted by molar-refractivity contribution is 5.90. The monoisotopic (exact) mass is 364 g/mol. The number of aryl methyl sites for hydroxylation is 1. The lowest BCUT2D eigenvalue weighted by Crippen LogP contribution is -2.24. The van der Waals surface area contributed by atoms with E-state index in [0.717, 1.165) is 11.1 Å². The van der Waals surface area contributed by atoms with E-state index in [9.17, 15) is 9.59 Å². The van der Waals surface area contributed by atoms with Crippen molar-refractivity contribution < 1.29 is 19.1 Å². The van der Waals surface area contributed by atoms with Crippen LogP contribution in [0.15, 0.2) is 42.5 Å². The maximum absolute atomic E-state index is 12.0. The number of pyridine rings is 1. The zero-order valence-corrected chi connectivity index (χ0v) is 15.3. The predicted molar refractivity (Wildman–Crippen MR) is 100 cm³/mol. The molecule has 0 radical (unpaired) electrons. The third-order valence-electron chi connectivity index (χ3n) is 4.40. The summed E-state index contributed by atoms with van der Waals surface area (Å²) in [7, 11) is 1.39. The molecule has 1 aromatic heterocycles. The quantitative estimate of drug-likeness (QED) is 0.615. The smallest absolute Gasteiger partial charge is 0.391 e. The summed E-state index contributed by atoms with van der Waals surface area (Å²) in [5, 5.41) is 0. The lowest BCUT2D eigenvalue weighted by atomic mass is 10.1.